The maximum atomic E-state index is 12.6. The SMILES string of the molecule is Cn1ccc(N2CCCC(NC(=O)c3ccc(C(=O)O)cc3)C2=O)n1. The third-order valence-electron chi connectivity index (χ3n) is 4.11. The minimum Gasteiger partial charge on any atom is -0.478 e. The van der Waals surface area contributed by atoms with Crippen molar-refractivity contribution in [3.8, 4) is 0 Å². The van der Waals surface area contributed by atoms with Gasteiger partial charge in [0.1, 0.15) is 6.04 Å². The molecular formula is C17H18N4O4. The average molecular weight is 342 g/mol. The van der Waals surface area contributed by atoms with Crippen molar-refractivity contribution in [2.45, 2.75) is 18.9 Å². The van der Waals surface area contributed by atoms with E-state index in [0.717, 1.165) is 6.42 Å². The normalized spacial score (nSPS) is 17.4. The van der Waals surface area contributed by atoms with Gasteiger partial charge in [-0.05, 0) is 37.1 Å². The molecule has 130 valence electrons. The zero-order valence-corrected chi connectivity index (χ0v) is 13.7. The van der Waals surface area contributed by atoms with E-state index in [4.69, 9.17) is 5.11 Å². The maximum Gasteiger partial charge on any atom is 0.335 e. The van der Waals surface area contributed by atoms with Gasteiger partial charge in [0.25, 0.3) is 11.8 Å². The van der Waals surface area contributed by atoms with Crippen molar-refractivity contribution in [3.05, 3.63) is 47.7 Å². The Morgan fingerprint density at radius 1 is 1.20 bits per heavy atom. The van der Waals surface area contributed by atoms with Gasteiger partial charge in [0.15, 0.2) is 5.82 Å². The van der Waals surface area contributed by atoms with Crippen LogP contribution in [0.25, 0.3) is 0 Å². The summed E-state index contributed by atoms with van der Waals surface area (Å²) in [6.45, 7) is 0.565. The van der Waals surface area contributed by atoms with Crippen molar-refractivity contribution < 1.29 is 19.5 Å². The second kappa shape index (κ2) is 6.76. The van der Waals surface area contributed by atoms with E-state index in [2.05, 4.69) is 10.4 Å². The first kappa shape index (κ1) is 16.7. The summed E-state index contributed by atoms with van der Waals surface area (Å²) in [5.74, 6) is -1.09. The van der Waals surface area contributed by atoms with Gasteiger partial charge in [-0.15, -0.1) is 0 Å². The molecule has 8 heteroatoms. The van der Waals surface area contributed by atoms with E-state index in [9.17, 15) is 14.4 Å². The summed E-state index contributed by atoms with van der Waals surface area (Å²) in [7, 11) is 1.78. The number of anilines is 1. The Bertz CT molecular complexity index is 812. The van der Waals surface area contributed by atoms with Crippen molar-refractivity contribution in [3.63, 3.8) is 0 Å². The van der Waals surface area contributed by atoms with E-state index in [1.165, 1.54) is 24.3 Å². The van der Waals surface area contributed by atoms with Crippen LogP contribution in [0.3, 0.4) is 0 Å². The van der Waals surface area contributed by atoms with Crippen molar-refractivity contribution in [1.82, 2.24) is 15.1 Å². The van der Waals surface area contributed by atoms with Crippen LogP contribution in [0.1, 0.15) is 33.6 Å². The standard InChI is InChI=1S/C17H18N4O4/c1-20-10-8-14(19-20)21-9-2-3-13(16(21)23)18-15(22)11-4-6-12(7-5-11)17(24)25/h4-8,10,13H,2-3,9H2,1H3,(H,18,22)(H,24,25). The number of carboxylic acids is 1. The summed E-state index contributed by atoms with van der Waals surface area (Å²) in [4.78, 5) is 37.4. The minimum absolute atomic E-state index is 0.103. The Hall–Kier alpha value is -3.16. The number of aromatic nitrogens is 2. The van der Waals surface area contributed by atoms with Crippen LogP contribution in [0, 0.1) is 0 Å². The van der Waals surface area contributed by atoms with E-state index >= 15 is 0 Å². The first-order chi connectivity index (χ1) is 12.0. The van der Waals surface area contributed by atoms with Crippen molar-refractivity contribution in [2.75, 3.05) is 11.4 Å². The lowest BCUT2D eigenvalue weighted by Crippen LogP contribution is -2.52. The molecule has 2 N–H and O–H groups in total. The lowest BCUT2D eigenvalue weighted by molar-refractivity contribution is -0.121. The Balaban J connectivity index is 1.70. The number of piperidine rings is 1. The Labute approximate surface area is 144 Å². The van der Waals surface area contributed by atoms with Gasteiger partial charge in [0.05, 0.1) is 5.56 Å². The molecule has 2 amide bonds. The zero-order valence-electron chi connectivity index (χ0n) is 13.7. The highest BCUT2D eigenvalue weighted by Gasteiger charge is 2.32. The number of amides is 2. The van der Waals surface area contributed by atoms with Crippen LogP contribution in [-0.4, -0.2) is 45.3 Å². The Morgan fingerprint density at radius 3 is 2.48 bits per heavy atom. The van der Waals surface area contributed by atoms with Crippen molar-refractivity contribution in [2.24, 2.45) is 7.05 Å². The van der Waals surface area contributed by atoms with Crippen molar-refractivity contribution >= 4 is 23.6 Å². The first-order valence-corrected chi connectivity index (χ1v) is 7.91. The highest BCUT2D eigenvalue weighted by atomic mass is 16.4. The highest BCUT2D eigenvalue weighted by Crippen LogP contribution is 2.19. The van der Waals surface area contributed by atoms with Gasteiger partial charge in [0, 0.05) is 31.4 Å². The topological polar surface area (TPSA) is 105 Å². The number of aryl methyl sites for hydroxylation is 1. The number of nitrogens with zero attached hydrogens (tertiary/aromatic N) is 3. The van der Waals surface area contributed by atoms with Crippen LogP contribution in [0.15, 0.2) is 36.5 Å². The molecule has 1 aromatic heterocycles. The fraction of sp³-hybridized carbons (Fsp3) is 0.294. The Kier molecular flexibility index (Phi) is 4.51. The number of nitrogens with one attached hydrogen (secondary N) is 1. The number of benzene rings is 1. The Morgan fingerprint density at radius 2 is 1.88 bits per heavy atom. The van der Waals surface area contributed by atoms with Crippen LogP contribution in [0.5, 0.6) is 0 Å². The second-order valence-electron chi connectivity index (χ2n) is 5.89. The highest BCUT2D eigenvalue weighted by molar-refractivity contribution is 6.02. The predicted octanol–water partition coefficient (Wildman–Crippen LogP) is 1.04. The summed E-state index contributed by atoms with van der Waals surface area (Å²) >= 11 is 0. The zero-order chi connectivity index (χ0) is 18.0. The molecule has 2 aromatic rings. The second-order valence-corrected chi connectivity index (χ2v) is 5.89. The number of hydrogen-bond donors (Lipinski definition) is 2. The largest absolute Gasteiger partial charge is 0.478 e. The molecule has 0 saturated carbocycles. The quantitative estimate of drug-likeness (QED) is 0.864. The summed E-state index contributed by atoms with van der Waals surface area (Å²) in [5.41, 5.74) is 0.416. The first-order valence-electron chi connectivity index (χ1n) is 7.91. The van der Waals surface area contributed by atoms with Gasteiger partial charge in [-0.3, -0.25) is 19.2 Å². The third kappa shape index (κ3) is 3.52. The molecule has 1 saturated heterocycles. The molecular weight excluding hydrogens is 324 g/mol. The molecule has 1 aliphatic rings. The van der Waals surface area contributed by atoms with Crippen LogP contribution in [0.4, 0.5) is 5.82 Å². The lowest BCUT2D eigenvalue weighted by Gasteiger charge is -2.31. The third-order valence-corrected chi connectivity index (χ3v) is 4.11. The number of aromatic carboxylic acids is 1. The fourth-order valence-corrected chi connectivity index (χ4v) is 2.79. The monoisotopic (exact) mass is 342 g/mol. The summed E-state index contributed by atoms with van der Waals surface area (Å²) in [6.07, 6.45) is 3.07. The van der Waals surface area contributed by atoms with E-state index in [1.807, 2.05) is 0 Å². The van der Waals surface area contributed by atoms with E-state index in [1.54, 1.807) is 28.9 Å². The lowest BCUT2D eigenvalue weighted by atomic mass is 10.0. The van der Waals surface area contributed by atoms with Crippen LogP contribution < -0.4 is 10.2 Å². The smallest absolute Gasteiger partial charge is 0.335 e. The molecule has 0 spiro atoms. The molecule has 25 heavy (non-hydrogen) atoms. The van der Waals surface area contributed by atoms with Gasteiger partial charge >= 0.3 is 5.97 Å². The van der Waals surface area contributed by atoms with E-state index in [-0.39, 0.29) is 11.5 Å². The average Bonchev–Trinajstić information content (AvgIpc) is 3.03. The van der Waals surface area contributed by atoms with Crippen LogP contribution >= 0.6 is 0 Å². The summed E-state index contributed by atoms with van der Waals surface area (Å²) in [6, 6.07) is 6.72. The molecule has 0 aliphatic carbocycles. The van der Waals surface area contributed by atoms with Crippen molar-refractivity contribution in [1.29, 1.82) is 0 Å². The van der Waals surface area contributed by atoms with Crippen LogP contribution in [0.2, 0.25) is 0 Å². The molecule has 3 rings (SSSR count). The predicted molar refractivity (Wildman–Crippen MR) is 89.5 cm³/mol. The molecule has 1 aromatic carbocycles. The number of carboxylic acid groups (broad SMARTS) is 1. The molecule has 1 unspecified atom stereocenters. The van der Waals surface area contributed by atoms with Crippen LogP contribution in [-0.2, 0) is 11.8 Å². The van der Waals surface area contributed by atoms with E-state index < -0.39 is 17.9 Å². The van der Waals surface area contributed by atoms with Gasteiger partial charge < -0.3 is 10.4 Å². The molecule has 1 atom stereocenters. The van der Waals surface area contributed by atoms with Gasteiger partial charge in [-0.25, -0.2) is 4.79 Å². The fourth-order valence-electron chi connectivity index (χ4n) is 2.79. The number of rotatable bonds is 4. The van der Waals surface area contributed by atoms with Gasteiger partial charge in [-0.1, -0.05) is 0 Å². The van der Waals surface area contributed by atoms with Gasteiger partial charge in [-0.2, -0.15) is 5.10 Å². The molecule has 2 heterocycles. The number of carbonyl (C=O) groups is 3. The van der Waals surface area contributed by atoms with Gasteiger partial charge in [0.2, 0.25) is 0 Å². The maximum absolute atomic E-state index is 12.6. The number of hydrogen-bond acceptors (Lipinski definition) is 4. The molecule has 8 nitrogen and oxygen atoms in total. The minimum atomic E-state index is -1.06. The summed E-state index contributed by atoms with van der Waals surface area (Å²) < 4.78 is 1.62. The molecule has 0 bridgehead atoms. The number of carbonyl (C=O) groups excluding carboxylic acids is 2. The van der Waals surface area contributed by atoms with E-state index in [0.29, 0.717) is 24.3 Å². The molecule has 1 aliphatic heterocycles. The molecule has 1 fully saturated rings. The summed E-state index contributed by atoms with van der Waals surface area (Å²) in [5, 5.41) is 15.9. The molecule has 0 radical (unpaired) electrons.